The molecule has 0 spiro atoms. The van der Waals surface area contributed by atoms with Gasteiger partial charge in [0, 0.05) is 20.1 Å². The summed E-state index contributed by atoms with van der Waals surface area (Å²) in [7, 11) is 3.51. The number of hydrogen-bond acceptors (Lipinski definition) is 3. The molecule has 0 aromatic heterocycles. The summed E-state index contributed by atoms with van der Waals surface area (Å²) in [5.41, 5.74) is 1.21. The summed E-state index contributed by atoms with van der Waals surface area (Å²) < 4.78 is 5.18. The lowest BCUT2D eigenvalue weighted by molar-refractivity contribution is 0.185. The number of guanidine groups is 1. The molecular weight excluding hydrogens is 300 g/mol. The van der Waals surface area contributed by atoms with Gasteiger partial charge in [-0.05, 0) is 62.5 Å². The van der Waals surface area contributed by atoms with Gasteiger partial charge in [-0.3, -0.25) is 4.99 Å². The minimum absolute atomic E-state index is 0.748. The second-order valence-electron chi connectivity index (χ2n) is 6.44. The Bertz CT molecular complexity index is 493. The van der Waals surface area contributed by atoms with E-state index in [1.165, 1.54) is 44.5 Å². The number of hydrogen-bond donors (Lipinski definition) is 2. The molecule has 0 radical (unpaired) electrons. The van der Waals surface area contributed by atoms with Crippen LogP contribution in [0.3, 0.4) is 0 Å². The van der Waals surface area contributed by atoms with Gasteiger partial charge in [0.2, 0.25) is 0 Å². The molecule has 0 atom stereocenters. The molecule has 1 aromatic carbocycles. The Kier molecular flexibility index (Phi) is 7.89. The lowest BCUT2D eigenvalue weighted by atomic mass is 9.97. The molecule has 24 heavy (non-hydrogen) atoms. The number of benzene rings is 1. The molecule has 0 aliphatic carbocycles. The Balaban J connectivity index is 1.69. The number of methoxy groups -OCH3 is 1. The summed E-state index contributed by atoms with van der Waals surface area (Å²) in [5.74, 6) is 2.51. The van der Waals surface area contributed by atoms with Crippen molar-refractivity contribution in [3.63, 3.8) is 0 Å². The van der Waals surface area contributed by atoms with E-state index >= 15 is 0 Å². The van der Waals surface area contributed by atoms with Crippen molar-refractivity contribution >= 4 is 5.96 Å². The van der Waals surface area contributed by atoms with Gasteiger partial charge in [0.25, 0.3) is 0 Å². The van der Waals surface area contributed by atoms with Gasteiger partial charge in [-0.2, -0.15) is 0 Å². The lowest BCUT2D eigenvalue weighted by Crippen LogP contribution is -2.42. The zero-order chi connectivity index (χ0) is 17.2. The summed E-state index contributed by atoms with van der Waals surface area (Å²) in [6.07, 6.45) is 3.82. The maximum Gasteiger partial charge on any atom is 0.191 e. The van der Waals surface area contributed by atoms with Crippen LogP contribution in [-0.4, -0.2) is 51.2 Å². The Morgan fingerprint density at radius 1 is 1.21 bits per heavy atom. The second-order valence-corrected chi connectivity index (χ2v) is 6.44. The quantitative estimate of drug-likeness (QED) is 0.595. The van der Waals surface area contributed by atoms with E-state index in [0.717, 1.165) is 30.7 Å². The first-order valence-electron chi connectivity index (χ1n) is 9.05. The highest BCUT2D eigenvalue weighted by atomic mass is 16.5. The average molecular weight is 332 g/mol. The number of aliphatic imine (C=N–C) groups is 1. The molecule has 134 valence electrons. The van der Waals surface area contributed by atoms with Crippen LogP contribution in [0.1, 0.15) is 31.7 Å². The molecule has 0 amide bonds. The van der Waals surface area contributed by atoms with Crippen molar-refractivity contribution in [2.75, 3.05) is 40.3 Å². The molecule has 2 rings (SSSR count). The predicted molar refractivity (Wildman–Crippen MR) is 101 cm³/mol. The van der Waals surface area contributed by atoms with Crippen LogP contribution in [0.15, 0.2) is 29.3 Å². The molecule has 1 heterocycles. The van der Waals surface area contributed by atoms with E-state index in [4.69, 9.17) is 4.74 Å². The Hall–Kier alpha value is -1.75. The fourth-order valence-corrected chi connectivity index (χ4v) is 3.12. The summed E-state index contributed by atoms with van der Waals surface area (Å²) in [6.45, 7) is 7.73. The number of rotatable bonds is 7. The van der Waals surface area contributed by atoms with Crippen LogP contribution < -0.4 is 15.4 Å². The van der Waals surface area contributed by atoms with E-state index in [1.807, 2.05) is 19.2 Å². The normalized spacial score (nSPS) is 16.9. The van der Waals surface area contributed by atoms with E-state index in [-0.39, 0.29) is 0 Å². The minimum atomic E-state index is 0.748. The summed E-state index contributed by atoms with van der Waals surface area (Å²) in [4.78, 5) is 6.90. The number of likely N-dealkylation sites (tertiary alicyclic amines) is 1. The van der Waals surface area contributed by atoms with Crippen molar-refractivity contribution in [1.82, 2.24) is 15.5 Å². The van der Waals surface area contributed by atoms with Crippen molar-refractivity contribution in [3.8, 4) is 5.75 Å². The molecule has 1 aromatic rings. The van der Waals surface area contributed by atoms with Crippen LogP contribution in [-0.2, 0) is 6.54 Å². The van der Waals surface area contributed by atoms with E-state index in [2.05, 4.69) is 39.6 Å². The molecule has 0 saturated carbocycles. The number of nitrogens with one attached hydrogen (secondary N) is 2. The highest BCUT2D eigenvalue weighted by molar-refractivity contribution is 5.79. The van der Waals surface area contributed by atoms with E-state index in [9.17, 15) is 0 Å². The second kappa shape index (κ2) is 10.2. The van der Waals surface area contributed by atoms with Gasteiger partial charge >= 0.3 is 0 Å². The van der Waals surface area contributed by atoms with Crippen LogP contribution in [0.4, 0.5) is 0 Å². The van der Waals surface area contributed by atoms with Crippen molar-refractivity contribution in [1.29, 1.82) is 0 Å². The SMILES string of the molecule is CCCN1CCC(CNC(=NC)NCc2ccc(OC)cc2)CC1. The summed E-state index contributed by atoms with van der Waals surface area (Å²) in [5, 5.41) is 6.85. The zero-order valence-corrected chi connectivity index (χ0v) is 15.3. The van der Waals surface area contributed by atoms with Gasteiger partial charge in [0.05, 0.1) is 7.11 Å². The first kappa shape index (κ1) is 18.6. The van der Waals surface area contributed by atoms with Gasteiger partial charge < -0.3 is 20.3 Å². The Morgan fingerprint density at radius 3 is 2.50 bits per heavy atom. The fraction of sp³-hybridized carbons (Fsp3) is 0.632. The molecule has 1 aliphatic heterocycles. The van der Waals surface area contributed by atoms with Gasteiger partial charge in [-0.25, -0.2) is 0 Å². The third-order valence-corrected chi connectivity index (χ3v) is 4.65. The fourth-order valence-electron chi connectivity index (χ4n) is 3.12. The molecule has 1 saturated heterocycles. The van der Waals surface area contributed by atoms with E-state index < -0.39 is 0 Å². The maximum absolute atomic E-state index is 5.18. The van der Waals surface area contributed by atoms with Crippen LogP contribution in [0, 0.1) is 5.92 Å². The van der Waals surface area contributed by atoms with Crippen LogP contribution in [0.5, 0.6) is 5.75 Å². The minimum Gasteiger partial charge on any atom is -0.497 e. The van der Waals surface area contributed by atoms with Crippen molar-refractivity contribution in [2.45, 2.75) is 32.7 Å². The largest absolute Gasteiger partial charge is 0.497 e. The third-order valence-electron chi connectivity index (χ3n) is 4.65. The molecule has 5 nitrogen and oxygen atoms in total. The number of piperidine rings is 1. The Morgan fingerprint density at radius 2 is 1.92 bits per heavy atom. The first-order valence-corrected chi connectivity index (χ1v) is 9.05. The number of nitrogens with zero attached hydrogens (tertiary/aromatic N) is 2. The molecule has 0 unspecified atom stereocenters. The average Bonchev–Trinajstić information content (AvgIpc) is 2.64. The third kappa shape index (κ3) is 6.04. The maximum atomic E-state index is 5.18. The topological polar surface area (TPSA) is 48.9 Å². The molecule has 2 N–H and O–H groups in total. The van der Waals surface area contributed by atoms with E-state index in [1.54, 1.807) is 7.11 Å². The molecule has 1 aliphatic rings. The van der Waals surface area contributed by atoms with Gasteiger partial charge in [0.15, 0.2) is 5.96 Å². The van der Waals surface area contributed by atoms with E-state index in [0.29, 0.717) is 0 Å². The van der Waals surface area contributed by atoms with Crippen LogP contribution in [0.25, 0.3) is 0 Å². The zero-order valence-electron chi connectivity index (χ0n) is 15.3. The standard InChI is InChI=1S/C19H32N4O/c1-4-11-23-12-9-17(10-13-23)15-22-19(20-2)21-14-16-5-7-18(24-3)8-6-16/h5-8,17H,4,9-15H2,1-3H3,(H2,20,21,22). The van der Waals surface area contributed by atoms with Crippen LogP contribution >= 0.6 is 0 Å². The smallest absolute Gasteiger partial charge is 0.191 e. The number of ether oxygens (including phenoxy) is 1. The highest BCUT2D eigenvalue weighted by Gasteiger charge is 2.18. The molecule has 1 fully saturated rings. The van der Waals surface area contributed by atoms with Crippen molar-refractivity contribution in [2.24, 2.45) is 10.9 Å². The van der Waals surface area contributed by atoms with Crippen molar-refractivity contribution < 1.29 is 4.74 Å². The van der Waals surface area contributed by atoms with Gasteiger partial charge in [-0.1, -0.05) is 19.1 Å². The van der Waals surface area contributed by atoms with Crippen molar-refractivity contribution in [3.05, 3.63) is 29.8 Å². The Labute approximate surface area is 146 Å². The van der Waals surface area contributed by atoms with Gasteiger partial charge in [0.1, 0.15) is 5.75 Å². The highest BCUT2D eigenvalue weighted by Crippen LogP contribution is 2.16. The molecule has 0 bridgehead atoms. The predicted octanol–water partition coefficient (Wildman–Crippen LogP) is 2.48. The summed E-state index contributed by atoms with van der Waals surface area (Å²) in [6, 6.07) is 8.11. The molecular formula is C19H32N4O. The monoisotopic (exact) mass is 332 g/mol. The lowest BCUT2D eigenvalue weighted by Gasteiger charge is -2.32. The van der Waals surface area contributed by atoms with Gasteiger partial charge in [-0.15, -0.1) is 0 Å². The van der Waals surface area contributed by atoms with Crippen LogP contribution in [0.2, 0.25) is 0 Å². The first-order chi connectivity index (χ1) is 11.7. The molecule has 5 heteroatoms. The summed E-state index contributed by atoms with van der Waals surface area (Å²) >= 11 is 0.